The number of rotatable bonds is 6. The molecule has 0 heterocycles. The summed E-state index contributed by atoms with van der Waals surface area (Å²) in [4.78, 5) is 45.2. The zero-order chi connectivity index (χ0) is 15.7. The van der Waals surface area contributed by atoms with Crippen LogP contribution in [0.4, 0.5) is 0 Å². The smallest absolute Gasteiger partial charge is 0.309 e. The lowest BCUT2D eigenvalue weighted by atomic mass is 10.4. The molecule has 0 aliphatic rings. The highest BCUT2D eigenvalue weighted by Crippen LogP contribution is 1.78. The van der Waals surface area contributed by atoms with Crippen molar-refractivity contribution in [2.75, 3.05) is 13.1 Å². The molecule has 0 aliphatic heterocycles. The second-order valence-electron chi connectivity index (χ2n) is 4.81. The topological polar surface area (TPSA) is 116 Å². The quantitative estimate of drug-likeness (QED) is 0.434. The Labute approximate surface area is 118 Å². The molecule has 0 radical (unpaired) electrons. The van der Waals surface area contributed by atoms with Crippen molar-refractivity contribution in [3.8, 4) is 0 Å². The van der Waals surface area contributed by atoms with E-state index in [4.69, 9.17) is 0 Å². The average Bonchev–Trinajstić information content (AvgIpc) is 2.31. The first-order valence-corrected chi connectivity index (χ1v) is 6.37. The van der Waals surface area contributed by atoms with Crippen molar-refractivity contribution in [2.45, 2.75) is 39.8 Å². The number of carbonyl (C=O) groups is 4. The summed E-state index contributed by atoms with van der Waals surface area (Å²) >= 11 is 0. The molecular formula is C12H22N4O4. The molecule has 0 atom stereocenters. The van der Waals surface area contributed by atoms with Gasteiger partial charge in [-0.2, -0.15) is 0 Å². The van der Waals surface area contributed by atoms with Crippen LogP contribution < -0.4 is 21.3 Å². The minimum Gasteiger partial charge on any atom is -0.352 e. The van der Waals surface area contributed by atoms with Gasteiger partial charge in [-0.15, -0.1) is 0 Å². The Hall–Kier alpha value is -2.12. The Bertz CT molecular complexity index is 344. The van der Waals surface area contributed by atoms with Gasteiger partial charge in [0, 0.05) is 12.1 Å². The maximum Gasteiger partial charge on any atom is 0.309 e. The first kappa shape index (κ1) is 17.9. The van der Waals surface area contributed by atoms with E-state index in [2.05, 4.69) is 21.3 Å². The molecule has 0 aliphatic carbocycles. The Morgan fingerprint density at radius 2 is 1.00 bits per heavy atom. The van der Waals surface area contributed by atoms with Gasteiger partial charge in [0.2, 0.25) is 11.8 Å². The summed E-state index contributed by atoms with van der Waals surface area (Å²) in [5.41, 5.74) is 0. The third-order valence-corrected chi connectivity index (χ3v) is 1.92. The van der Waals surface area contributed by atoms with Gasteiger partial charge in [-0.05, 0) is 27.7 Å². The molecule has 4 amide bonds. The molecule has 0 unspecified atom stereocenters. The van der Waals surface area contributed by atoms with E-state index < -0.39 is 23.6 Å². The molecule has 0 rings (SSSR count). The van der Waals surface area contributed by atoms with Gasteiger partial charge < -0.3 is 21.3 Å². The Balaban J connectivity index is 3.96. The van der Waals surface area contributed by atoms with Crippen LogP contribution >= 0.6 is 0 Å². The van der Waals surface area contributed by atoms with Crippen LogP contribution in [0.15, 0.2) is 0 Å². The van der Waals surface area contributed by atoms with Crippen LogP contribution in [0.25, 0.3) is 0 Å². The third kappa shape index (κ3) is 8.90. The highest BCUT2D eigenvalue weighted by atomic mass is 16.2. The number of carbonyl (C=O) groups excluding carboxylic acids is 4. The summed E-state index contributed by atoms with van der Waals surface area (Å²) < 4.78 is 0. The fraction of sp³-hybridized carbons (Fsp3) is 0.667. The van der Waals surface area contributed by atoms with Crippen molar-refractivity contribution in [3.05, 3.63) is 0 Å². The van der Waals surface area contributed by atoms with Crippen LogP contribution in [0.5, 0.6) is 0 Å². The Morgan fingerprint density at radius 3 is 1.25 bits per heavy atom. The van der Waals surface area contributed by atoms with E-state index in [1.807, 2.05) is 0 Å². The van der Waals surface area contributed by atoms with E-state index in [1.165, 1.54) is 0 Å². The van der Waals surface area contributed by atoms with Crippen molar-refractivity contribution in [1.82, 2.24) is 21.3 Å². The zero-order valence-electron chi connectivity index (χ0n) is 12.2. The standard InChI is InChI=1S/C12H22N4O4/c1-7(2)15-9(17)5-13-11(19)12(20)14-6-10(18)16-8(3)4/h7-8H,5-6H2,1-4H3,(H,13,19)(H,14,20)(H,15,17)(H,16,18). The van der Waals surface area contributed by atoms with Crippen LogP contribution in [-0.2, 0) is 19.2 Å². The maximum atomic E-state index is 11.3. The van der Waals surface area contributed by atoms with E-state index >= 15 is 0 Å². The van der Waals surface area contributed by atoms with Crippen molar-refractivity contribution < 1.29 is 19.2 Å². The van der Waals surface area contributed by atoms with Gasteiger partial charge in [-0.25, -0.2) is 0 Å². The predicted octanol–water partition coefficient (Wildman–Crippen LogP) is -1.73. The van der Waals surface area contributed by atoms with E-state index in [0.29, 0.717) is 0 Å². The van der Waals surface area contributed by atoms with E-state index in [-0.39, 0.29) is 25.2 Å². The highest BCUT2D eigenvalue weighted by Gasteiger charge is 2.15. The molecule has 0 fully saturated rings. The molecule has 114 valence electrons. The molecule has 4 N–H and O–H groups in total. The highest BCUT2D eigenvalue weighted by molar-refractivity contribution is 6.35. The lowest BCUT2D eigenvalue weighted by molar-refractivity contribution is -0.140. The summed E-state index contributed by atoms with van der Waals surface area (Å²) in [7, 11) is 0. The number of amides is 4. The molecular weight excluding hydrogens is 264 g/mol. The van der Waals surface area contributed by atoms with Gasteiger partial charge >= 0.3 is 11.8 Å². The third-order valence-electron chi connectivity index (χ3n) is 1.92. The largest absolute Gasteiger partial charge is 0.352 e. The minimum atomic E-state index is -0.957. The molecule has 0 aromatic rings. The van der Waals surface area contributed by atoms with Gasteiger partial charge in [0.25, 0.3) is 0 Å². The molecule has 8 heteroatoms. The molecule has 8 nitrogen and oxygen atoms in total. The molecule has 0 saturated carbocycles. The SMILES string of the molecule is CC(C)NC(=O)CNC(=O)C(=O)NCC(=O)NC(C)C. The summed E-state index contributed by atoms with van der Waals surface area (Å²) in [5, 5.41) is 9.43. The first-order chi connectivity index (χ1) is 9.22. The Kier molecular flexibility index (Phi) is 7.95. The summed E-state index contributed by atoms with van der Waals surface area (Å²) in [6.45, 7) is 6.53. The van der Waals surface area contributed by atoms with E-state index in [9.17, 15) is 19.2 Å². The molecule has 0 bridgehead atoms. The lowest BCUT2D eigenvalue weighted by Crippen LogP contribution is -2.47. The van der Waals surface area contributed by atoms with Gasteiger partial charge in [-0.1, -0.05) is 0 Å². The number of hydrogen-bond acceptors (Lipinski definition) is 4. The Morgan fingerprint density at radius 1 is 0.700 bits per heavy atom. The van der Waals surface area contributed by atoms with Crippen LogP contribution in [-0.4, -0.2) is 48.8 Å². The van der Waals surface area contributed by atoms with E-state index in [1.54, 1.807) is 27.7 Å². The summed E-state index contributed by atoms with van der Waals surface area (Å²) in [6.07, 6.45) is 0. The van der Waals surface area contributed by atoms with Crippen molar-refractivity contribution in [1.29, 1.82) is 0 Å². The second kappa shape index (κ2) is 8.89. The summed E-state index contributed by atoms with van der Waals surface area (Å²) in [6, 6.07) is -0.0964. The van der Waals surface area contributed by atoms with Crippen molar-refractivity contribution >= 4 is 23.6 Å². The molecule has 0 saturated heterocycles. The average molecular weight is 286 g/mol. The molecule has 0 spiro atoms. The summed E-state index contributed by atoms with van der Waals surface area (Å²) in [5.74, 6) is -2.69. The monoisotopic (exact) mass is 286 g/mol. The zero-order valence-corrected chi connectivity index (χ0v) is 12.2. The lowest BCUT2D eigenvalue weighted by Gasteiger charge is -2.10. The normalized spacial score (nSPS) is 10.1. The number of hydrogen-bond donors (Lipinski definition) is 4. The maximum absolute atomic E-state index is 11.3. The minimum absolute atomic E-state index is 0.0482. The van der Waals surface area contributed by atoms with E-state index in [0.717, 1.165) is 0 Å². The predicted molar refractivity (Wildman–Crippen MR) is 72.6 cm³/mol. The number of nitrogens with one attached hydrogen (secondary N) is 4. The van der Waals surface area contributed by atoms with Gasteiger partial charge in [0.15, 0.2) is 0 Å². The van der Waals surface area contributed by atoms with Gasteiger partial charge in [0.1, 0.15) is 0 Å². The molecule has 0 aromatic heterocycles. The fourth-order valence-electron chi connectivity index (χ4n) is 1.23. The second-order valence-corrected chi connectivity index (χ2v) is 4.81. The molecule has 0 aromatic carbocycles. The van der Waals surface area contributed by atoms with Crippen LogP contribution in [0.2, 0.25) is 0 Å². The fourth-order valence-corrected chi connectivity index (χ4v) is 1.23. The van der Waals surface area contributed by atoms with Gasteiger partial charge in [0.05, 0.1) is 13.1 Å². The molecule has 20 heavy (non-hydrogen) atoms. The van der Waals surface area contributed by atoms with Crippen molar-refractivity contribution in [2.24, 2.45) is 0 Å². The van der Waals surface area contributed by atoms with Crippen LogP contribution in [0.1, 0.15) is 27.7 Å². The van der Waals surface area contributed by atoms with Crippen molar-refractivity contribution in [3.63, 3.8) is 0 Å². The van der Waals surface area contributed by atoms with Crippen LogP contribution in [0, 0.1) is 0 Å². The first-order valence-electron chi connectivity index (χ1n) is 6.37. The van der Waals surface area contributed by atoms with Gasteiger partial charge in [-0.3, -0.25) is 19.2 Å². The van der Waals surface area contributed by atoms with Crippen LogP contribution in [0.3, 0.4) is 0 Å².